The lowest BCUT2D eigenvalue weighted by Gasteiger charge is -2.41. The largest absolute Gasteiger partial charge is 0.375 e. The molecule has 1 aliphatic carbocycles. The molecule has 0 aromatic carbocycles. The lowest BCUT2D eigenvalue weighted by molar-refractivity contribution is 0.148. The van der Waals surface area contributed by atoms with Crippen LogP contribution < -0.4 is 10.6 Å². The molecule has 0 spiro atoms. The van der Waals surface area contributed by atoms with Gasteiger partial charge >= 0.3 is 0 Å². The van der Waals surface area contributed by atoms with Crippen LogP contribution in [0.25, 0.3) is 10.6 Å². The van der Waals surface area contributed by atoms with Crippen LogP contribution in [-0.4, -0.2) is 42.1 Å². The van der Waals surface area contributed by atoms with Crippen LogP contribution in [0, 0.1) is 0 Å². The highest BCUT2D eigenvalue weighted by Gasteiger charge is 2.25. The second-order valence-electron chi connectivity index (χ2n) is 6.66. The second-order valence-corrected chi connectivity index (χ2v) is 9.92. The molecule has 3 heterocycles. The summed E-state index contributed by atoms with van der Waals surface area (Å²) in [6.07, 6.45) is 7.09. The smallest absolute Gasteiger partial charge is 0.181 e. The summed E-state index contributed by atoms with van der Waals surface area (Å²) in [7, 11) is 0. The van der Waals surface area contributed by atoms with E-state index in [0.717, 1.165) is 28.6 Å². The van der Waals surface area contributed by atoms with E-state index in [0.29, 0.717) is 5.13 Å². The Hall–Kier alpha value is -0.630. The van der Waals surface area contributed by atoms with Crippen LogP contribution in [0.3, 0.4) is 0 Å². The first-order valence-electron chi connectivity index (χ1n) is 8.70. The van der Waals surface area contributed by atoms with E-state index in [1.165, 1.54) is 67.1 Å². The maximum Gasteiger partial charge on any atom is 0.181 e. The molecule has 4 nitrogen and oxygen atoms in total. The molecule has 0 radical (unpaired) electrons. The van der Waals surface area contributed by atoms with Crippen LogP contribution >= 0.6 is 38.6 Å². The minimum Gasteiger partial charge on any atom is -0.375 e. The lowest BCUT2D eigenvalue weighted by Crippen LogP contribution is -2.50. The lowest BCUT2D eigenvalue weighted by atomic mass is 9.94. The molecule has 130 valence electrons. The predicted molar refractivity (Wildman–Crippen MR) is 108 cm³/mol. The average Bonchev–Trinajstić information content (AvgIpc) is 3.22. The summed E-state index contributed by atoms with van der Waals surface area (Å²) >= 11 is 6.82. The highest BCUT2D eigenvalue weighted by Crippen LogP contribution is 2.39. The standard InChI is InChI=1S/C17H23BrN4S2/c18-16-15(20-17(19)24-16)14-10-13(11-23-14)22-8-6-21(7-9-22)12-4-2-1-3-5-12/h10-12H,1-9H2,(H2,19,20). The Kier molecular flexibility index (Phi) is 5.13. The van der Waals surface area contributed by atoms with Crippen molar-refractivity contribution in [3.05, 3.63) is 15.2 Å². The number of thiophene rings is 1. The number of anilines is 2. The molecule has 2 aromatic heterocycles. The van der Waals surface area contributed by atoms with E-state index in [1.807, 2.05) is 0 Å². The van der Waals surface area contributed by atoms with Crippen molar-refractivity contribution >= 4 is 49.4 Å². The van der Waals surface area contributed by atoms with Crippen molar-refractivity contribution in [2.24, 2.45) is 0 Å². The molecular weight excluding hydrogens is 404 g/mol. The van der Waals surface area contributed by atoms with Gasteiger partial charge in [0, 0.05) is 43.3 Å². The molecule has 4 rings (SSSR count). The molecule has 24 heavy (non-hydrogen) atoms. The first-order valence-corrected chi connectivity index (χ1v) is 11.2. The van der Waals surface area contributed by atoms with Crippen molar-refractivity contribution in [2.45, 2.75) is 38.1 Å². The Bertz CT molecular complexity index is 685. The van der Waals surface area contributed by atoms with Gasteiger partial charge in [0.1, 0.15) is 9.48 Å². The van der Waals surface area contributed by atoms with E-state index in [-0.39, 0.29) is 0 Å². The van der Waals surface area contributed by atoms with Gasteiger partial charge < -0.3 is 10.6 Å². The average molecular weight is 427 g/mol. The highest BCUT2D eigenvalue weighted by molar-refractivity contribution is 9.11. The molecule has 7 heteroatoms. The summed E-state index contributed by atoms with van der Waals surface area (Å²) in [4.78, 5) is 10.9. The highest BCUT2D eigenvalue weighted by atomic mass is 79.9. The molecule has 2 fully saturated rings. The van der Waals surface area contributed by atoms with Crippen molar-refractivity contribution in [1.29, 1.82) is 0 Å². The van der Waals surface area contributed by atoms with Crippen LogP contribution in [0.2, 0.25) is 0 Å². The van der Waals surface area contributed by atoms with Crippen LogP contribution in [0.15, 0.2) is 15.2 Å². The van der Waals surface area contributed by atoms with Crippen LogP contribution in [-0.2, 0) is 0 Å². The molecule has 2 N–H and O–H groups in total. The molecule has 2 aromatic rings. The summed E-state index contributed by atoms with van der Waals surface area (Å²) in [5.74, 6) is 0. The Morgan fingerprint density at radius 1 is 1.12 bits per heavy atom. The minimum absolute atomic E-state index is 0.618. The molecule has 1 saturated carbocycles. The number of halogens is 1. The Morgan fingerprint density at radius 3 is 2.54 bits per heavy atom. The summed E-state index contributed by atoms with van der Waals surface area (Å²) in [5, 5.41) is 2.88. The fourth-order valence-corrected chi connectivity index (χ4v) is 6.36. The maximum atomic E-state index is 5.82. The number of nitrogens with zero attached hydrogens (tertiary/aromatic N) is 3. The number of rotatable bonds is 3. The zero-order valence-corrected chi connectivity index (χ0v) is 16.9. The third-order valence-corrected chi connectivity index (χ3v) is 7.65. The molecule has 2 aliphatic rings. The number of hydrogen-bond acceptors (Lipinski definition) is 6. The molecular formula is C17H23BrN4S2. The van der Waals surface area contributed by atoms with Crippen molar-refractivity contribution in [3.8, 4) is 10.6 Å². The van der Waals surface area contributed by atoms with Crippen LogP contribution in [0.1, 0.15) is 32.1 Å². The van der Waals surface area contributed by atoms with Crippen molar-refractivity contribution in [1.82, 2.24) is 9.88 Å². The van der Waals surface area contributed by atoms with Gasteiger partial charge in [-0.3, -0.25) is 4.90 Å². The zero-order valence-electron chi connectivity index (χ0n) is 13.7. The summed E-state index contributed by atoms with van der Waals surface area (Å²) in [6.45, 7) is 4.66. The van der Waals surface area contributed by atoms with Gasteiger partial charge in [0.25, 0.3) is 0 Å². The number of thiazole rings is 1. The molecule has 0 unspecified atom stereocenters. The summed E-state index contributed by atoms with van der Waals surface area (Å²) < 4.78 is 1.02. The van der Waals surface area contributed by atoms with E-state index < -0.39 is 0 Å². The topological polar surface area (TPSA) is 45.4 Å². The summed E-state index contributed by atoms with van der Waals surface area (Å²) in [6, 6.07) is 3.10. The molecule has 0 atom stereocenters. The van der Waals surface area contributed by atoms with E-state index in [2.05, 4.69) is 42.2 Å². The third kappa shape index (κ3) is 3.49. The fraction of sp³-hybridized carbons (Fsp3) is 0.588. The van der Waals surface area contributed by atoms with Gasteiger partial charge in [-0.1, -0.05) is 30.6 Å². The first-order chi connectivity index (χ1) is 11.7. The molecule has 0 bridgehead atoms. The van der Waals surface area contributed by atoms with Crippen molar-refractivity contribution in [3.63, 3.8) is 0 Å². The van der Waals surface area contributed by atoms with E-state index in [4.69, 9.17) is 5.73 Å². The Labute approximate surface area is 159 Å². The van der Waals surface area contributed by atoms with Crippen molar-refractivity contribution in [2.75, 3.05) is 36.8 Å². The van der Waals surface area contributed by atoms with Gasteiger partial charge in [-0.25, -0.2) is 4.98 Å². The number of hydrogen-bond donors (Lipinski definition) is 1. The van der Waals surface area contributed by atoms with E-state index in [9.17, 15) is 0 Å². The molecule has 0 amide bonds. The maximum absolute atomic E-state index is 5.82. The minimum atomic E-state index is 0.618. The van der Waals surface area contributed by atoms with Gasteiger partial charge in [-0.2, -0.15) is 0 Å². The Balaban J connectivity index is 1.40. The van der Waals surface area contributed by atoms with Gasteiger partial charge in [0.05, 0.1) is 4.88 Å². The van der Waals surface area contributed by atoms with Gasteiger partial charge in [-0.15, -0.1) is 11.3 Å². The predicted octanol–water partition coefficient (Wildman–Crippen LogP) is 4.67. The fourth-order valence-electron chi connectivity index (χ4n) is 3.88. The van der Waals surface area contributed by atoms with Gasteiger partial charge in [0.2, 0.25) is 0 Å². The monoisotopic (exact) mass is 426 g/mol. The number of piperazine rings is 1. The van der Waals surface area contributed by atoms with Gasteiger partial charge in [-0.05, 0) is 34.8 Å². The van der Waals surface area contributed by atoms with Crippen LogP contribution in [0.5, 0.6) is 0 Å². The first kappa shape index (κ1) is 16.8. The third-order valence-electron chi connectivity index (χ3n) is 5.19. The van der Waals surface area contributed by atoms with Crippen molar-refractivity contribution < 1.29 is 0 Å². The number of nitrogens with two attached hydrogens (primary N) is 1. The zero-order chi connectivity index (χ0) is 16.5. The quantitative estimate of drug-likeness (QED) is 0.773. The number of aromatic nitrogens is 1. The molecule has 1 aliphatic heterocycles. The van der Waals surface area contributed by atoms with E-state index in [1.54, 1.807) is 11.3 Å². The SMILES string of the molecule is Nc1nc(-c2cc(N3CCN(C4CCCCC4)CC3)cs2)c(Br)s1. The van der Waals surface area contributed by atoms with E-state index >= 15 is 0 Å². The van der Waals surface area contributed by atoms with Gasteiger partial charge in [0.15, 0.2) is 5.13 Å². The second kappa shape index (κ2) is 7.32. The molecule has 1 saturated heterocycles. The summed E-state index contributed by atoms with van der Waals surface area (Å²) in [5.41, 5.74) is 8.13. The Morgan fingerprint density at radius 2 is 1.88 bits per heavy atom. The number of nitrogen functional groups attached to an aromatic ring is 1. The normalized spacial score (nSPS) is 20.6. The van der Waals surface area contributed by atoms with Crippen LogP contribution in [0.4, 0.5) is 10.8 Å².